The molecule has 1 heterocycles. The van der Waals surface area contributed by atoms with Crippen molar-refractivity contribution in [2.24, 2.45) is 5.92 Å². The Labute approximate surface area is 120 Å². The van der Waals surface area contributed by atoms with Crippen LogP contribution in [0.3, 0.4) is 0 Å². The molecule has 4 heteroatoms. The van der Waals surface area contributed by atoms with Crippen LogP contribution >= 0.6 is 0 Å². The van der Waals surface area contributed by atoms with Crippen molar-refractivity contribution in [1.82, 2.24) is 0 Å². The predicted molar refractivity (Wildman–Crippen MR) is 78.8 cm³/mol. The summed E-state index contributed by atoms with van der Waals surface area (Å²) in [6.07, 6.45) is 1.50. The molecule has 0 radical (unpaired) electrons. The topological polar surface area (TPSA) is 54.3 Å². The van der Waals surface area contributed by atoms with Gasteiger partial charge in [-0.1, -0.05) is 26.0 Å². The monoisotopic (exact) mass is 274 g/mol. The van der Waals surface area contributed by atoms with E-state index in [1.54, 1.807) is 7.11 Å². The molecule has 1 N–H and O–H groups in total. The number of para-hydroxylation sites is 2. The highest BCUT2D eigenvalue weighted by Crippen LogP contribution is 2.34. The standard InChI is InChI=1S/C16H22N2O2/c1-12(2)15-10-16(11-17,8-9-20-15)18-13-6-4-5-7-14(13)19-3/h4-7,12,15,18H,8-10H2,1-3H3. The molecule has 2 atom stereocenters. The minimum Gasteiger partial charge on any atom is -0.495 e. The van der Waals surface area contributed by atoms with Crippen LogP contribution in [0.4, 0.5) is 5.69 Å². The summed E-state index contributed by atoms with van der Waals surface area (Å²) < 4.78 is 11.1. The van der Waals surface area contributed by atoms with Gasteiger partial charge in [0.1, 0.15) is 11.3 Å². The summed E-state index contributed by atoms with van der Waals surface area (Å²) in [4.78, 5) is 0. The normalized spacial score (nSPS) is 26.1. The van der Waals surface area contributed by atoms with Gasteiger partial charge in [0.2, 0.25) is 0 Å². The Morgan fingerprint density at radius 3 is 2.85 bits per heavy atom. The molecule has 1 aromatic carbocycles. The Morgan fingerprint density at radius 1 is 1.45 bits per heavy atom. The van der Waals surface area contributed by atoms with E-state index >= 15 is 0 Å². The number of methoxy groups -OCH3 is 1. The first-order valence-corrected chi connectivity index (χ1v) is 7.04. The fourth-order valence-electron chi connectivity index (χ4n) is 2.57. The van der Waals surface area contributed by atoms with E-state index in [4.69, 9.17) is 9.47 Å². The third-order valence-corrected chi connectivity index (χ3v) is 3.85. The summed E-state index contributed by atoms with van der Waals surface area (Å²) in [6.45, 7) is 4.86. The van der Waals surface area contributed by atoms with Crippen molar-refractivity contribution in [2.75, 3.05) is 19.0 Å². The Hall–Kier alpha value is -1.73. The second kappa shape index (κ2) is 6.15. The van der Waals surface area contributed by atoms with Gasteiger partial charge in [0.15, 0.2) is 0 Å². The molecule has 0 bridgehead atoms. The van der Waals surface area contributed by atoms with E-state index in [1.165, 1.54) is 0 Å². The lowest BCUT2D eigenvalue weighted by atomic mass is 9.84. The molecule has 20 heavy (non-hydrogen) atoms. The van der Waals surface area contributed by atoms with Gasteiger partial charge in [-0.05, 0) is 18.1 Å². The number of nitriles is 1. The summed E-state index contributed by atoms with van der Waals surface area (Å²) in [5, 5.41) is 13.0. The quantitative estimate of drug-likeness (QED) is 0.916. The first kappa shape index (κ1) is 14.7. The van der Waals surface area contributed by atoms with Crippen LogP contribution in [0, 0.1) is 17.2 Å². The van der Waals surface area contributed by atoms with Crippen LogP contribution in [-0.4, -0.2) is 25.4 Å². The lowest BCUT2D eigenvalue weighted by Crippen LogP contribution is -2.47. The Morgan fingerprint density at radius 2 is 2.20 bits per heavy atom. The molecule has 1 aliphatic heterocycles. The molecule has 1 aromatic rings. The first-order valence-electron chi connectivity index (χ1n) is 7.04. The van der Waals surface area contributed by atoms with Gasteiger partial charge in [-0.15, -0.1) is 0 Å². The van der Waals surface area contributed by atoms with Crippen LogP contribution < -0.4 is 10.1 Å². The number of nitrogens with zero attached hydrogens (tertiary/aromatic N) is 1. The zero-order chi connectivity index (χ0) is 14.6. The molecule has 1 fully saturated rings. The maximum atomic E-state index is 9.66. The number of hydrogen-bond acceptors (Lipinski definition) is 4. The largest absolute Gasteiger partial charge is 0.495 e. The van der Waals surface area contributed by atoms with Crippen LogP contribution in [0.2, 0.25) is 0 Å². The minimum atomic E-state index is -0.582. The van der Waals surface area contributed by atoms with Gasteiger partial charge in [-0.3, -0.25) is 0 Å². The average Bonchev–Trinajstić information content (AvgIpc) is 2.48. The predicted octanol–water partition coefficient (Wildman–Crippen LogP) is 3.20. The summed E-state index contributed by atoms with van der Waals surface area (Å²) >= 11 is 0. The van der Waals surface area contributed by atoms with Crippen molar-refractivity contribution < 1.29 is 9.47 Å². The number of benzene rings is 1. The van der Waals surface area contributed by atoms with Gasteiger partial charge in [0.05, 0.1) is 31.6 Å². The lowest BCUT2D eigenvalue weighted by Gasteiger charge is -2.38. The summed E-state index contributed by atoms with van der Waals surface area (Å²) in [5.74, 6) is 1.16. The zero-order valence-electron chi connectivity index (χ0n) is 12.3. The van der Waals surface area contributed by atoms with Crippen LogP contribution in [0.1, 0.15) is 26.7 Å². The third-order valence-electron chi connectivity index (χ3n) is 3.85. The van der Waals surface area contributed by atoms with Crippen molar-refractivity contribution in [2.45, 2.75) is 38.3 Å². The second-order valence-electron chi connectivity index (χ2n) is 5.63. The number of nitrogens with one attached hydrogen (secondary N) is 1. The van der Waals surface area contributed by atoms with Gasteiger partial charge >= 0.3 is 0 Å². The summed E-state index contributed by atoms with van der Waals surface area (Å²) in [7, 11) is 1.64. The molecule has 1 aliphatic rings. The molecule has 1 saturated heterocycles. The summed E-state index contributed by atoms with van der Waals surface area (Å²) in [5.41, 5.74) is 0.280. The fraction of sp³-hybridized carbons (Fsp3) is 0.562. The summed E-state index contributed by atoms with van der Waals surface area (Å²) in [6, 6.07) is 10.2. The number of ether oxygens (including phenoxy) is 2. The van der Waals surface area contributed by atoms with E-state index in [1.807, 2.05) is 24.3 Å². The molecular formula is C16H22N2O2. The van der Waals surface area contributed by atoms with Gasteiger partial charge < -0.3 is 14.8 Å². The highest BCUT2D eigenvalue weighted by atomic mass is 16.5. The molecule has 0 aliphatic carbocycles. The zero-order valence-corrected chi connectivity index (χ0v) is 12.3. The average molecular weight is 274 g/mol. The van der Waals surface area contributed by atoms with Crippen molar-refractivity contribution >= 4 is 5.69 Å². The first-order chi connectivity index (χ1) is 9.60. The van der Waals surface area contributed by atoms with E-state index in [2.05, 4.69) is 25.2 Å². The molecule has 0 saturated carbocycles. The third kappa shape index (κ3) is 3.05. The highest BCUT2D eigenvalue weighted by molar-refractivity contribution is 5.59. The number of anilines is 1. The lowest BCUT2D eigenvalue weighted by molar-refractivity contribution is -0.0273. The Kier molecular flexibility index (Phi) is 4.51. The Balaban J connectivity index is 2.21. The second-order valence-corrected chi connectivity index (χ2v) is 5.63. The van der Waals surface area contributed by atoms with Crippen molar-refractivity contribution in [3.8, 4) is 11.8 Å². The van der Waals surface area contributed by atoms with E-state index in [-0.39, 0.29) is 6.10 Å². The van der Waals surface area contributed by atoms with Crippen LogP contribution in [0.15, 0.2) is 24.3 Å². The highest BCUT2D eigenvalue weighted by Gasteiger charge is 2.38. The van der Waals surface area contributed by atoms with Crippen molar-refractivity contribution in [1.29, 1.82) is 5.26 Å². The van der Waals surface area contributed by atoms with Crippen molar-refractivity contribution in [3.63, 3.8) is 0 Å². The van der Waals surface area contributed by atoms with Gasteiger partial charge in [-0.25, -0.2) is 0 Å². The molecule has 0 aromatic heterocycles. The molecular weight excluding hydrogens is 252 g/mol. The molecule has 0 spiro atoms. The number of hydrogen-bond donors (Lipinski definition) is 1. The fourth-order valence-corrected chi connectivity index (χ4v) is 2.57. The Bertz CT molecular complexity index is 495. The van der Waals surface area contributed by atoms with Gasteiger partial charge in [0.25, 0.3) is 0 Å². The SMILES string of the molecule is COc1ccccc1NC1(C#N)CCOC(C(C)C)C1. The molecule has 2 rings (SSSR count). The smallest absolute Gasteiger partial charge is 0.141 e. The maximum absolute atomic E-state index is 9.66. The van der Waals surface area contributed by atoms with E-state index < -0.39 is 5.54 Å². The van der Waals surface area contributed by atoms with Crippen LogP contribution in [0.25, 0.3) is 0 Å². The van der Waals surface area contributed by atoms with Gasteiger partial charge in [0, 0.05) is 12.8 Å². The van der Waals surface area contributed by atoms with Crippen molar-refractivity contribution in [3.05, 3.63) is 24.3 Å². The molecule has 2 unspecified atom stereocenters. The molecule has 0 amide bonds. The maximum Gasteiger partial charge on any atom is 0.141 e. The minimum absolute atomic E-state index is 0.116. The van der Waals surface area contributed by atoms with E-state index in [0.717, 1.165) is 11.4 Å². The van der Waals surface area contributed by atoms with E-state index in [9.17, 15) is 5.26 Å². The molecule has 4 nitrogen and oxygen atoms in total. The van der Waals surface area contributed by atoms with Crippen LogP contribution in [0.5, 0.6) is 5.75 Å². The van der Waals surface area contributed by atoms with Gasteiger partial charge in [-0.2, -0.15) is 5.26 Å². The van der Waals surface area contributed by atoms with E-state index in [0.29, 0.717) is 25.4 Å². The number of rotatable bonds is 4. The van der Waals surface area contributed by atoms with Crippen LogP contribution in [-0.2, 0) is 4.74 Å². The molecule has 108 valence electrons.